The van der Waals surface area contributed by atoms with Gasteiger partial charge in [0.2, 0.25) is 0 Å². The maximum Gasteiger partial charge on any atom is 0.272 e. The fourth-order valence-electron chi connectivity index (χ4n) is 2.67. The lowest BCUT2D eigenvalue weighted by molar-refractivity contribution is -0.385. The molecule has 1 amide bonds. The summed E-state index contributed by atoms with van der Waals surface area (Å²) < 4.78 is 0. The van der Waals surface area contributed by atoms with Gasteiger partial charge in [0.05, 0.1) is 4.92 Å². The van der Waals surface area contributed by atoms with Crippen molar-refractivity contribution in [2.75, 3.05) is 6.54 Å². The molecule has 0 spiro atoms. The SMILES string of the molecule is Cc1cc(C(=O)NCCCc2ccc(C(C)C)cc2)ccc1[N+](=O)[O-]. The molecule has 2 aromatic rings. The number of hydrogen-bond acceptors (Lipinski definition) is 3. The molecule has 0 fully saturated rings. The smallest absolute Gasteiger partial charge is 0.272 e. The van der Waals surface area contributed by atoms with Crippen LogP contribution in [0.15, 0.2) is 42.5 Å². The van der Waals surface area contributed by atoms with Crippen LogP contribution in [-0.4, -0.2) is 17.4 Å². The Morgan fingerprint density at radius 1 is 1.16 bits per heavy atom. The van der Waals surface area contributed by atoms with Crippen LogP contribution in [0.3, 0.4) is 0 Å². The number of nitro groups is 1. The molecule has 2 rings (SSSR count). The van der Waals surface area contributed by atoms with E-state index in [1.165, 1.54) is 23.3 Å². The molecular weight excluding hydrogens is 316 g/mol. The molecule has 0 aliphatic carbocycles. The highest BCUT2D eigenvalue weighted by molar-refractivity contribution is 5.94. The molecule has 0 unspecified atom stereocenters. The predicted molar refractivity (Wildman–Crippen MR) is 99.0 cm³/mol. The first-order chi connectivity index (χ1) is 11.9. The van der Waals surface area contributed by atoms with Crippen LogP contribution in [0.5, 0.6) is 0 Å². The molecule has 0 saturated carbocycles. The molecule has 1 N–H and O–H groups in total. The van der Waals surface area contributed by atoms with E-state index in [0.717, 1.165) is 12.8 Å². The van der Waals surface area contributed by atoms with Crippen molar-refractivity contribution < 1.29 is 9.72 Å². The number of nitrogens with one attached hydrogen (secondary N) is 1. The average Bonchev–Trinajstić information content (AvgIpc) is 2.58. The topological polar surface area (TPSA) is 72.2 Å². The van der Waals surface area contributed by atoms with Crippen LogP contribution >= 0.6 is 0 Å². The number of hydrogen-bond donors (Lipinski definition) is 1. The van der Waals surface area contributed by atoms with Crippen LogP contribution in [0, 0.1) is 17.0 Å². The van der Waals surface area contributed by atoms with Crippen molar-refractivity contribution in [1.82, 2.24) is 5.32 Å². The van der Waals surface area contributed by atoms with E-state index in [1.54, 1.807) is 13.0 Å². The zero-order valence-corrected chi connectivity index (χ0v) is 14.9. The van der Waals surface area contributed by atoms with Gasteiger partial charge in [0.1, 0.15) is 0 Å². The number of aryl methyl sites for hydroxylation is 2. The maximum atomic E-state index is 12.1. The lowest BCUT2D eigenvalue weighted by Gasteiger charge is -2.08. The molecule has 2 aromatic carbocycles. The minimum atomic E-state index is -0.443. The van der Waals surface area contributed by atoms with Crippen molar-refractivity contribution in [3.05, 3.63) is 74.8 Å². The van der Waals surface area contributed by atoms with Gasteiger partial charge in [-0.2, -0.15) is 0 Å². The van der Waals surface area contributed by atoms with Crippen LogP contribution in [0.25, 0.3) is 0 Å². The van der Waals surface area contributed by atoms with E-state index < -0.39 is 4.92 Å². The molecule has 0 aliphatic rings. The number of benzene rings is 2. The first-order valence-corrected chi connectivity index (χ1v) is 8.50. The molecule has 132 valence electrons. The second kappa shape index (κ2) is 8.42. The Kier molecular flexibility index (Phi) is 6.28. The highest BCUT2D eigenvalue weighted by Crippen LogP contribution is 2.19. The van der Waals surface area contributed by atoms with Crippen LogP contribution in [0.2, 0.25) is 0 Å². The largest absolute Gasteiger partial charge is 0.352 e. The molecule has 5 heteroatoms. The molecule has 0 aliphatic heterocycles. The average molecular weight is 340 g/mol. The van der Waals surface area contributed by atoms with Crippen LogP contribution in [-0.2, 0) is 6.42 Å². The zero-order chi connectivity index (χ0) is 18.4. The van der Waals surface area contributed by atoms with Crippen LogP contribution < -0.4 is 5.32 Å². The highest BCUT2D eigenvalue weighted by Gasteiger charge is 2.13. The Morgan fingerprint density at radius 3 is 2.40 bits per heavy atom. The molecule has 0 radical (unpaired) electrons. The Hall–Kier alpha value is -2.69. The number of rotatable bonds is 7. The van der Waals surface area contributed by atoms with Crippen molar-refractivity contribution in [2.24, 2.45) is 0 Å². The second-order valence-corrected chi connectivity index (χ2v) is 6.51. The van der Waals surface area contributed by atoms with E-state index in [0.29, 0.717) is 23.6 Å². The number of nitro benzene ring substituents is 1. The van der Waals surface area contributed by atoms with E-state index in [-0.39, 0.29) is 11.6 Å². The van der Waals surface area contributed by atoms with Gasteiger partial charge >= 0.3 is 0 Å². The van der Waals surface area contributed by atoms with E-state index in [2.05, 4.69) is 43.4 Å². The molecule has 25 heavy (non-hydrogen) atoms. The third kappa shape index (κ3) is 5.14. The number of nitrogens with zero attached hydrogens (tertiary/aromatic N) is 1. The van der Waals surface area contributed by atoms with Gasteiger partial charge in [-0.25, -0.2) is 0 Å². The monoisotopic (exact) mass is 340 g/mol. The summed E-state index contributed by atoms with van der Waals surface area (Å²) in [4.78, 5) is 22.5. The molecule has 5 nitrogen and oxygen atoms in total. The van der Waals surface area contributed by atoms with Crippen LogP contribution in [0.1, 0.15) is 53.2 Å². The van der Waals surface area contributed by atoms with Crippen molar-refractivity contribution >= 4 is 11.6 Å². The predicted octanol–water partition coefficient (Wildman–Crippen LogP) is 4.39. The van der Waals surface area contributed by atoms with Gasteiger partial charge in [0.25, 0.3) is 11.6 Å². The Bertz CT molecular complexity index is 752. The zero-order valence-electron chi connectivity index (χ0n) is 14.9. The minimum Gasteiger partial charge on any atom is -0.352 e. The first kappa shape index (κ1) is 18.6. The van der Waals surface area contributed by atoms with Gasteiger partial charge in [0, 0.05) is 23.7 Å². The van der Waals surface area contributed by atoms with E-state index in [4.69, 9.17) is 0 Å². The number of carbonyl (C=O) groups excluding carboxylic acids is 1. The fourth-order valence-corrected chi connectivity index (χ4v) is 2.67. The molecule has 0 aromatic heterocycles. The summed E-state index contributed by atoms with van der Waals surface area (Å²) in [7, 11) is 0. The summed E-state index contributed by atoms with van der Waals surface area (Å²) in [5.74, 6) is 0.326. The van der Waals surface area contributed by atoms with E-state index in [9.17, 15) is 14.9 Å². The third-order valence-electron chi connectivity index (χ3n) is 4.23. The molecule has 0 heterocycles. The van der Waals surface area contributed by atoms with Crippen molar-refractivity contribution in [3.8, 4) is 0 Å². The van der Waals surface area contributed by atoms with Gasteiger partial charge < -0.3 is 5.32 Å². The molecular formula is C20H24N2O3. The lowest BCUT2D eigenvalue weighted by Crippen LogP contribution is -2.24. The van der Waals surface area contributed by atoms with E-state index in [1.807, 2.05) is 0 Å². The van der Waals surface area contributed by atoms with Crippen molar-refractivity contribution in [2.45, 2.75) is 39.5 Å². The summed E-state index contributed by atoms with van der Waals surface area (Å²) in [6.45, 7) is 6.55. The van der Waals surface area contributed by atoms with Gasteiger partial charge in [-0.3, -0.25) is 14.9 Å². The summed E-state index contributed by atoms with van der Waals surface area (Å²) in [5, 5.41) is 13.7. The quantitative estimate of drug-likeness (QED) is 0.461. The second-order valence-electron chi connectivity index (χ2n) is 6.51. The van der Waals surface area contributed by atoms with Gasteiger partial charge in [-0.1, -0.05) is 38.1 Å². The molecule has 0 bridgehead atoms. The summed E-state index contributed by atoms with van der Waals surface area (Å²) >= 11 is 0. The van der Waals surface area contributed by atoms with Gasteiger partial charge in [-0.15, -0.1) is 0 Å². The first-order valence-electron chi connectivity index (χ1n) is 8.50. The lowest BCUT2D eigenvalue weighted by atomic mass is 10.0. The minimum absolute atomic E-state index is 0.0291. The Labute approximate surface area is 148 Å². The van der Waals surface area contributed by atoms with Gasteiger partial charge in [-0.05, 0) is 48.9 Å². The van der Waals surface area contributed by atoms with Crippen molar-refractivity contribution in [3.63, 3.8) is 0 Å². The number of carbonyl (C=O) groups is 1. The van der Waals surface area contributed by atoms with Gasteiger partial charge in [0.15, 0.2) is 0 Å². The summed E-state index contributed by atoms with van der Waals surface area (Å²) in [6, 6.07) is 13.0. The Morgan fingerprint density at radius 2 is 1.84 bits per heavy atom. The highest BCUT2D eigenvalue weighted by atomic mass is 16.6. The maximum absolute atomic E-state index is 12.1. The standard InChI is InChI=1S/C20H24N2O3/c1-14(2)17-8-6-16(7-9-17)5-4-12-21-20(23)18-10-11-19(22(24)25)15(3)13-18/h6-11,13-14H,4-5,12H2,1-3H3,(H,21,23). The molecule has 0 saturated heterocycles. The number of amides is 1. The summed E-state index contributed by atoms with van der Waals surface area (Å²) in [6.07, 6.45) is 1.75. The molecule has 0 atom stereocenters. The third-order valence-corrected chi connectivity index (χ3v) is 4.23. The van der Waals surface area contributed by atoms with Crippen molar-refractivity contribution in [1.29, 1.82) is 0 Å². The van der Waals surface area contributed by atoms with E-state index >= 15 is 0 Å². The van der Waals surface area contributed by atoms with Crippen LogP contribution in [0.4, 0.5) is 5.69 Å². The Balaban J connectivity index is 1.82. The fraction of sp³-hybridized carbons (Fsp3) is 0.350. The normalized spacial score (nSPS) is 10.7. The summed E-state index contributed by atoms with van der Waals surface area (Å²) in [5.41, 5.74) is 3.55.